The number of rotatable bonds is 5. The molecule has 2 atom stereocenters. The molecule has 1 saturated heterocycles. The van der Waals surface area contributed by atoms with Crippen LogP contribution in [0.1, 0.15) is 49.8 Å². The van der Waals surface area contributed by atoms with Crippen LogP contribution in [0.3, 0.4) is 0 Å². The largest absolute Gasteiger partial charge is 0.324 e. The van der Waals surface area contributed by atoms with E-state index in [0.717, 1.165) is 18.9 Å². The lowest BCUT2D eigenvalue weighted by Gasteiger charge is -2.32. The van der Waals surface area contributed by atoms with Crippen LogP contribution in [0, 0.1) is 12.8 Å². The summed E-state index contributed by atoms with van der Waals surface area (Å²) in [5.74, 6) is 0.907. The molecule has 1 heterocycles. The summed E-state index contributed by atoms with van der Waals surface area (Å²) in [6, 6.07) is 8.84. The minimum Gasteiger partial charge on any atom is -0.324 e. The third kappa shape index (κ3) is 4.32. The highest BCUT2D eigenvalue weighted by Gasteiger charge is 2.18. The van der Waals surface area contributed by atoms with Crippen LogP contribution in [0.2, 0.25) is 0 Å². The van der Waals surface area contributed by atoms with Crippen LogP contribution < -0.4 is 5.73 Å². The third-order valence-corrected chi connectivity index (χ3v) is 4.44. The van der Waals surface area contributed by atoms with Crippen molar-refractivity contribution in [1.29, 1.82) is 0 Å². The molecule has 0 bridgehead atoms. The summed E-state index contributed by atoms with van der Waals surface area (Å²) in [5.41, 5.74) is 8.88. The average Bonchev–Trinajstić information content (AvgIpc) is 2.46. The van der Waals surface area contributed by atoms with Gasteiger partial charge in [-0.05, 0) is 50.8 Å². The molecule has 0 saturated carbocycles. The van der Waals surface area contributed by atoms with Gasteiger partial charge in [0.15, 0.2) is 0 Å². The number of hydrogen-bond acceptors (Lipinski definition) is 2. The molecule has 2 N–H and O–H groups in total. The topological polar surface area (TPSA) is 29.3 Å². The molecule has 1 fully saturated rings. The molecule has 0 radical (unpaired) electrons. The Morgan fingerprint density at radius 2 is 2.05 bits per heavy atom. The van der Waals surface area contributed by atoms with Gasteiger partial charge in [0.1, 0.15) is 0 Å². The minimum atomic E-state index is 0.183. The number of aryl methyl sites for hydroxylation is 1. The van der Waals surface area contributed by atoms with E-state index in [0.29, 0.717) is 0 Å². The lowest BCUT2D eigenvalue weighted by molar-refractivity contribution is 0.167. The molecule has 1 aromatic rings. The maximum absolute atomic E-state index is 6.30. The van der Waals surface area contributed by atoms with Crippen molar-refractivity contribution in [3.05, 3.63) is 35.4 Å². The molecule has 19 heavy (non-hydrogen) atoms. The maximum Gasteiger partial charge on any atom is 0.0307 e. The van der Waals surface area contributed by atoms with Gasteiger partial charge in [0, 0.05) is 12.6 Å². The number of benzene rings is 1. The number of nitrogens with zero attached hydrogens (tertiary/aromatic N) is 1. The van der Waals surface area contributed by atoms with Gasteiger partial charge in [-0.2, -0.15) is 0 Å². The first-order valence-electron chi connectivity index (χ1n) is 7.73. The quantitative estimate of drug-likeness (QED) is 0.878. The Kier molecular flexibility index (Phi) is 5.41. The normalized spacial score (nSPS) is 22.4. The summed E-state index contributed by atoms with van der Waals surface area (Å²) in [4.78, 5) is 2.60. The van der Waals surface area contributed by atoms with Gasteiger partial charge >= 0.3 is 0 Å². The molecule has 0 aromatic heterocycles. The monoisotopic (exact) mass is 260 g/mol. The first kappa shape index (κ1) is 14.5. The predicted octanol–water partition coefficient (Wildman–Crippen LogP) is 3.51. The highest BCUT2D eigenvalue weighted by molar-refractivity contribution is 5.23. The Balaban J connectivity index is 1.79. The standard InChI is InChI=1S/C17H28N2/c1-3-15-5-4-11-19(13-15)12-10-17(18)16-8-6-14(2)7-9-16/h6-9,15,17H,3-5,10-13,18H2,1-2H3. The molecule has 0 amide bonds. The van der Waals surface area contributed by atoms with Crippen LogP contribution >= 0.6 is 0 Å². The second-order valence-electron chi connectivity index (χ2n) is 6.02. The fourth-order valence-electron chi connectivity index (χ4n) is 2.99. The summed E-state index contributed by atoms with van der Waals surface area (Å²) in [5, 5.41) is 0. The molecule has 2 nitrogen and oxygen atoms in total. The summed E-state index contributed by atoms with van der Waals surface area (Å²) >= 11 is 0. The molecule has 2 heteroatoms. The molecule has 0 aliphatic carbocycles. The van der Waals surface area contributed by atoms with E-state index in [1.54, 1.807) is 0 Å². The van der Waals surface area contributed by atoms with E-state index in [2.05, 4.69) is 43.0 Å². The number of nitrogens with two attached hydrogens (primary N) is 1. The first-order chi connectivity index (χ1) is 9.19. The van der Waals surface area contributed by atoms with Gasteiger partial charge in [0.2, 0.25) is 0 Å². The molecule has 106 valence electrons. The lowest BCUT2D eigenvalue weighted by Crippen LogP contribution is -2.36. The zero-order valence-electron chi connectivity index (χ0n) is 12.4. The molecule has 2 rings (SSSR count). The zero-order chi connectivity index (χ0) is 13.7. The van der Waals surface area contributed by atoms with Crippen molar-refractivity contribution in [3.63, 3.8) is 0 Å². The molecule has 1 aliphatic rings. The van der Waals surface area contributed by atoms with E-state index in [4.69, 9.17) is 5.73 Å². The highest BCUT2D eigenvalue weighted by atomic mass is 15.1. The van der Waals surface area contributed by atoms with Crippen molar-refractivity contribution >= 4 is 0 Å². The van der Waals surface area contributed by atoms with Gasteiger partial charge in [-0.25, -0.2) is 0 Å². The smallest absolute Gasteiger partial charge is 0.0307 e. The van der Waals surface area contributed by atoms with E-state index in [1.807, 2.05) is 0 Å². The fraction of sp³-hybridized carbons (Fsp3) is 0.647. The van der Waals surface area contributed by atoms with Gasteiger partial charge in [0.25, 0.3) is 0 Å². The average molecular weight is 260 g/mol. The van der Waals surface area contributed by atoms with Crippen molar-refractivity contribution in [2.24, 2.45) is 11.7 Å². The Morgan fingerprint density at radius 1 is 1.32 bits per heavy atom. The van der Waals surface area contributed by atoms with Crippen molar-refractivity contribution < 1.29 is 0 Å². The second kappa shape index (κ2) is 7.06. The molecular formula is C17H28N2. The molecule has 1 aliphatic heterocycles. The van der Waals surface area contributed by atoms with Crippen molar-refractivity contribution in [2.75, 3.05) is 19.6 Å². The van der Waals surface area contributed by atoms with E-state index in [-0.39, 0.29) is 6.04 Å². The molecular weight excluding hydrogens is 232 g/mol. The lowest BCUT2D eigenvalue weighted by atomic mass is 9.95. The van der Waals surface area contributed by atoms with E-state index in [1.165, 1.54) is 43.5 Å². The van der Waals surface area contributed by atoms with Gasteiger partial charge in [-0.3, -0.25) is 0 Å². The van der Waals surface area contributed by atoms with Gasteiger partial charge in [0.05, 0.1) is 0 Å². The predicted molar refractivity (Wildman–Crippen MR) is 82.2 cm³/mol. The first-order valence-corrected chi connectivity index (χ1v) is 7.73. The molecule has 0 spiro atoms. The molecule has 1 aromatic carbocycles. The summed E-state index contributed by atoms with van der Waals surface area (Å²) in [6.45, 7) is 8.11. The molecule has 2 unspecified atom stereocenters. The van der Waals surface area contributed by atoms with Gasteiger partial charge in [-0.1, -0.05) is 43.2 Å². The van der Waals surface area contributed by atoms with E-state index < -0.39 is 0 Å². The minimum absolute atomic E-state index is 0.183. The van der Waals surface area contributed by atoms with Gasteiger partial charge in [-0.15, -0.1) is 0 Å². The number of likely N-dealkylation sites (tertiary alicyclic amines) is 1. The third-order valence-electron chi connectivity index (χ3n) is 4.44. The van der Waals surface area contributed by atoms with Crippen LogP contribution in [-0.2, 0) is 0 Å². The fourth-order valence-corrected chi connectivity index (χ4v) is 2.99. The Morgan fingerprint density at radius 3 is 2.74 bits per heavy atom. The van der Waals surface area contributed by atoms with Crippen molar-refractivity contribution in [1.82, 2.24) is 4.90 Å². The summed E-state index contributed by atoms with van der Waals surface area (Å²) in [7, 11) is 0. The van der Waals surface area contributed by atoms with E-state index in [9.17, 15) is 0 Å². The zero-order valence-corrected chi connectivity index (χ0v) is 12.4. The maximum atomic E-state index is 6.30. The van der Waals surface area contributed by atoms with Crippen molar-refractivity contribution in [2.45, 2.75) is 45.6 Å². The van der Waals surface area contributed by atoms with Crippen molar-refractivity contribution in [3.8, 4) is 0 Å². The summed E-state index contributed by atoms with van der Waals surface area (Å²) in [6.07, 6.45) is 5.16. The Bertz CT molecular complexity index is 371. The van der Waals surface area contributed by atoms with Crippen LogP contribution in [0.4, 0.5) is 0 Å². The van der Waals surface area contributed by atoms with Crippen LogP contribution in [-0.4, -0.2) is 24.5 Å². The van der Waals surface area contributed by atoms with E-state index >= 15 is 0 Å². The number of piperidine rings is 1. The Labute approximate surface area is 118 Å². The van der Waals surface area contributed by atoms with Crippen LogP contribution in [0.5, 0.6) is 0 Å². The SMILES string of the molecule is CCC1CCCN(CCC(N)c2ccc(C)cc2)C1. The highest BCUT2D eigenvalue weighted by Crippen LogP contribution is 2.21. The number of hydrogen-bond donors (Lipinski definition) is 1. The second-order valence-corrected chi connectivity index (χ2v) is 6.02. The van der Waals surface area contributed by atoms with Crippen LogP contribution in [0.25, 0.3) is 0 Å². The summed E-state index contributed by atoms with van der Waals surface area (Å²) < 4.78 is 0. The Hall–Kier alpha value is -0.860. The van der Waals surface area contributed by atoms with Crippen LogP contribution in [0.15, 0.2) is 24.3 Å². The van der Waals surface area contributed by atoms with Gasteiger partial charge < -0.3 is 10.6 Å².